The first-order chi connectivity index (χ1) is 13.4. The molecule has 1 aromatic rings. The van der Waals surface area contributed by atoms with E-state index in [0.29, 0.717) is 10.3 Å². The smallest absolute Gasteiger partial charge is 0.320 e. The van der Waals surface area contributed by atoms with Crippen LogP contribution in [0.2, 0.25) is 10.3 Å². The molecule has 164 valence electrons. The van der Waals surface area contributed by atoms with E-state index in [1.165, 1.54) is 20.2 Å². The Bertz CT molecular complexity index is 650. The molecule has 29 heavy (non-hydrogen) atoms. The van der Waals surface area contributed by atoms with E-state index in [-0.39, 0.29) is 13.2 Å². The summed E-state index contributed by atoms with van der Waals surface area (Å²) >= 11 is 11.2. The lowest BCUT2D eigenvalue weighted by Crippen LogP contribution is -2.32. The van der Waals surface area contributed by atoms with E-state index in [0.717, 1.165) is 5.56 Å². The van der Waals surface area contributed by atoms with Crippen molar-refractivity contribution >= 4 is 47.0 Å². The van der Waals surface area contributed by atoms with E-state index in [1.807, 2.05) is 0 Å². The summed E-state index contributed by atoms with van der Waals surface area (Å²) in [6.45, 7) is 8.54. The Kier molecular flexibility index (Phi) is 15.3. The summed E-state index contributed by atoms with van der Waals surface area (Å²) in [5.74, 6) is -4.10. The highest BCUT2D eigenvalue weighted by Crippen LogP contribution is 2.16. The van der Waals surface area contributed by atoms with Gasteiger partial charge in [0.25, 0.3) is 0 Å². The number of halogens is 2. The molecule has 0 saturated carbocycles. The quantitative estimate of drug-likeness (QED) is 0.371. The highest BCUT2D eigenvalue weighted by molar-refractivity contribution is 6.34. The zero-order chi connectivity index (χ0) is 23.1. The maximum absolute atomic E-state index is 10.9. The number of nitrogens with zero attached hydrogens (tertiary/aromatic N) is 2. The Morgan fingerprint density at radius 3 is 1.45 bits per heavy atom. The molecule has 0 aromatic carbocycles. The average molecular weight is 453 g/mol. The number of rotatable bonds is 6. The molecule has 0 radical (unpaired) electrons. The summed E-state index contributed by atoms with van der Waals surface area (Å²) in [6.07, 6.45) is 1.33. The molecule has 0 unspecified atom stereocenters. The predicted octanol–water partition coefficient (Wildman–Crippen LogP) is 1.43. The van der Waals surface area contributed by atoms with Crippen LogP contribution in [-0.4, -0.2) is 46.9 Å². The third kappa shape index (κ3) is 12.6. The Labute approximate surface area is 179 Å². The normalized spacial score (nSPS) is 9.55. The number of amides is 2. The zero-order valence-corrected chi connectivity index (χ0v) is 18.4. The van der Waals surface area contributed by atoms with Gasteiger partial charge in [-0.05, 0) is 34.6 Å². The van der Waals surface area contributed by atoms with Gasteiger partial charge < -0.3 is 20.9 Å². The van der Waals surface area contributed by atoms with Crippen molar-refractivity contribution in [1.29, 1.82) is 0 Å². The topological polar surface area (TPSA) is 165 Å². The molecular formula is C17H26Cl2N4O6. The number of carbonyl (C=O) groups excluding carboxylic acids is 4. The molecular weight excluding hydrogens is 427 g/mol. The summed E-state index contributed by atoms with van der Waals surface area (Å²) in [7, 11) is 0. The monoisotopic (exact) mass is 452 g/mol. The molecule has 0 bridgehead atoms. The second kappa shape index (κ2) is 15.5. The summed E-state index contributed by atoms with van der Waals surface area (Å²) in [4.78, 5) is 49.4. The highest BCUT2D eigenvalue weighted by atomic mass is 35.5. The van der Waals surface area contributed by atoms with Crippen molar-refractivity contribution in [3.8, 4) is 0 Å². The van der Waals surface area contributed by atoms with Crippen molar-refractivity contribution in [3.63, 3.8) is 0 Å². The van der Waals surface area contributed by atoms with Crippen LogP contribution in [0.1, 0.15) is 33.3 Å². The third-order valence-electron chi connectivity index (χ3n) is 3.09. The summed E-state index contributed by atoms with van der Waals surface area (Å²) in [6, 6.07) is 0. The van der Waals surface area contributed by atoms with E-state index in [1.54, 1.807) is 20.8 Å². The van der Waals surface area contributed by atoms with Gasteiger partial charge >= 0.3 is 11.9 Å². The number of nitrogens with two attached hydrogens (primary N) is 2. The minimum atomic E-state index is -0.852. The zero-order valence-electron chi connectivity index (χ0n) is 16.9. The minimum absolute atomic E-state index is 0.280. The first-order valence-electron chi connectivity index (χ1n) is 8.44. The van der Waals surface area contributed by atoms with Gasteiger partial charge in [-0.3, -0.25) is 19.2 Å². The lowest BCUT2D eigenvalue weighted by Gasteiger charge is -2.08. The molecule has 0 spiro atoms. The van der Waals surface area contributed by atoms with Gasteiger partial charge in [0.1, 0.15) is 22.6 Å². The molecule has 0 saturated heterocycles. The minimum Gasteiger partial charge on any atom is -0.465 e. The van der Waals surface area contributed by atoms with Crippen LogP contribution in [0.5, 0.6) is 0 Å². The molecule has 0 aliphatic heterocycles. The van der Waals surface area contributed by atoms with Crippen LogP contribution in [0.3, 0.4) is 0 Å². The van der Waals surface area contributed by atoms with Gasteiger partial charge in [0.15, 0.2) is 5.92 Å². The lowest BCUT2D eigenvalue weighted by atomic mass is 10.2. The third-order valence-corrected chi connectivity index (χ3v) is 3.86. The number of ether oxygens (including phenoxy) is 2. The fourth-order valence-electron chi connectivity index (χ4n) is 1.18. The molecule has 12 heteroatoms. The SMILES string of the molecule is CC(C(N)=O)C(N)=O.CCOC(=O)C(C)C(=O)OCC.Cc1c(Cl)ncnc1Cl. The van der Waals surface area contributed by atoms with Gasteiger partial charge in [-0.15, -0.1) is 0 Å². The maximum atomic E-state index is 10.9. The number of hydrogen-bond donors (Lipinski definition) is 2. The van der Waals surface area contributed by atoms with Crippen LogP contribution in [0.25, 0.3) is 0 Å². The van der Waals surface area contributed by atoms with Gasteiger partial charge in [-0.2, -0.15) is 0 Å². The van der Waals surface area contributed by atoms with Crippen LogP contribution in [0, 0.1) is 18.8 Å². The molecule has 2 amide bonds. The number of primary amides is 2. The Morgan fingerprint density at radius 1 is 0.897 bits per heavy atom. The van der Waals surface area contributed by atoms with Crippen molar-refractivity contribution in [2.45, 2.75) is 34.6 Å². The Hall–Kier alpha value is -2.46. The first-order valence-corrected chi connectivity index (χ1v) is 9.20. The van der Waals surface area contributed by atoms with Gasteiger partial charge in [0, 0.05) is 5.56 Å². The largest absolute Gasteiger partial charge is 0.465 e. The Balaban J connectivity index is 0. The van der Waals surface area contributed by atoms with Gasteiger partial charge in [-0.1, -0.05) is 23.2 Å². The summed E-state index contributed by atoms with van der Waals surface area (Å²) in [5, 5.41) is 0.824. The molecule has 1 heterocycles. The molecule has 4 N–H and O–H groups in total. The van der Waals surface area contributed by atoms with Crippen molar-refractivity contribution in [2.75, 3.05) is 13.2 Å². The second-order valence-electron chi connectivity index (χ2n) is 5.33. The number of esters is 2. The van der Waals surface area contributed by atoms with E-state index in [9.17, 15) is 19.2 Å². The van der Waals surface area contributed by atoms with Gasteiger partial charge in [-0.25, -0.2) is 9.97 Å². The fourth-order valence-corrected chi connectivity index (χ4v) is 1.49. The molecule has 1 rings (SSSR count). The number of hydrogen-bond acceptors (Lipinski definition) is 8. The summed E-state index contributed by atoms with van der Waals surface area (Å²) in [5.41, 5.74) is 10.1. The van der Waals surface area contributed by atoms with E-state index >= 15 is 0 Å². The fraction of sp³-hybridized carbons (Fsp3) is 0.529. The predicted molar refractivity (Wildman–Crippen MR) is 107 cm³/mol. The van der Waals surface area contributed by atoms with Crippen LogP contribution in [0.15, 0.2) is 6.33 Å². The number of aromatic nitrogens is 2. The molecule has 1 aromatic heterocycles. The standard InChI is InChI=1S/C8H14O4.C5H4Cl2N2.C4H8N2O2/c1-4-11-7(9)6(3)8(10)12-5-2;1-3-4(6)8-2-9-5(3)7;1-2(3(5)7)4(6)8/h6H,4-5H2,1-3H3;2H,1H3;2H,1H3,(H2,5,7)(H2,6,8). The second-order valence-corrected chi connectivity index (χ2v) is 6.05. The lowest BCUT2D eigenvalue weighted by molar-refractivity contribution is -0.160. The Morgan fingerprint density at radius 2 is 1.24 bits per heavy atom. The van der Waals surface area contributed by atoms with Crippen LogP contribution in [0.4, 0.5) is 0 Å². The van der Waals surface area contributed by atoms with Crippen molar-refractivity contribution in [2.24, 2.45) is 23.3 Å². The molecule has 0 fully saturated rings. The molecule has 10 nitrogen and oxygen atoms in total. The van der Waals surface area contributed by atoms with E-state index in [4.69, 9.17) is 34.7 Å². The maximum Gasteiger partial charge on any atom is 0.320 e. The van der Waals surface area contributed by atoms with Crippen LogP contribution in [-0.2, 0) is 28.7 Å². The first kappa shape index (κ1) is 28.7. The highest BCUT2D eigenvalue weighted by Gasteiger charge is 2.23. The van der Waals surface area contributed by atoms with Crippen LogP contribution >= 0.6 is 23.2 Å². The average Bonchev–Trinajstić information content (AvgIpc) is 2.66. The molecule has 0 aliphatic carbocycles. The number of carbonyl (C=O) groups is 4. The van der Waals surface area contributed by atoms with Crippen molar-refractivity contribution in [1.82, 2.24) is 9.97 Å². The summed E-state index contributed by atoms with van der Waals surface area (Å²) < 4.78 is 9.26. The van der Waals surface area contributed by atoms with Crippen molar-refractivity contribution in [3.05, 3.63) is 22.2 Å². The van der Waals surface area contributed by atoms with Gasteiger partial charge in [0.2, 0.25) is 11.8 Å². The van der Waals surface area contributed by atoms with Gasteiger partial charge in [0.05, 0.1) is 13.2 Å². The molecule has 0 aliphatic rings. The molecule has 0 atom stereocenters. The van der Waals surface area contributed by atoms with E-state index < -0.39 is 35.6 Å². The van der Waals surface area contributed by atoms with E-state index in [2.05, 4.69) is 19.4 Å². The van der Waals surface area contributed by atoms with Crippen LogP contribution < -0.4 is 11.5 Å². The van der Waals surface area contributed by atoms with Crippen molar-refractivity contribution < 1.29 is 28.7 Å².